The summed E-state index contributed by atoms with van der Waals surface area (Å²) in [6.07, 6.45) is 8.45. The molecule has 1 saturated heterocycles. The molecule has 2 bridgehead atoms. The van der Waals surface area contributed by atoms with E-state index in [0.717, 1.165) is 55.5 Å². The number of amides is 1. The van der Waals surface area contributed by atoms with Crippen molar-refractivity contribution >= 4 is 23.4 Å². The number of hydrogen-bond acceptors (Lipinski definition) is 7. The second-order valence-corrected chi connectivity index (χ2v) is 9.69. The number of fused-ring (bicyclic) bond motifs is 2. The van der Waals surface area contributed by atoms with E-state index >= 15 is 0 Å². The van der Waals surface area contributed by atoms with Gasteiger partial charge in [0.25, 0.3) is 0 Å². The molecule has 3 aliphatic rings. The molecule has 5 rings (SSSR count). The summed E-state index contributed by atoms with van der Waals surface area (Å²) in [5.41, 5.74) is 7.40. The maximum Gasteiger partial charge on any atom is 0.229 e. The fourth-order valence-electron chi connectivity index (χ4n) is 5.48. The van der Waals surface area contributed by atoms with E-state index in [-0.39, 0.29) is 47.6 Å². The number of aromatic nitrogens is 2. The zero-order valence-corrected chi connectivity index (χ0v) is 19.5. The van der Waals surface area contributed by atoms with E-state index in [4.69, 9.17) is 10.5 Å². The molecule has 2 fully saturated rings. The first-order valence-electron chi connectivity index (χ1n) is 11.9. The molecule has 180 valence electrons. The lowest BCUT2D eigenvalue weighted by atomic mass is 9.88. The lowest BCUT2D eigenvalue weighted by Crippen LogP contribution is -2.41. The van der Waals surface area contributed by atoms with Crippen molar-refractivity contribution in [1.82, 2.24) is 14.9 Å². The predicted octanol–water partition coefficient (Wildman–Crippen LogP) is 3.23. The maximum atomic E-state index is 14.5. The second kappa shape index (κ2) is 9.21. The van der Waals surface area contributed by atoms with Crippen LogP contribution in [0.1, 0.15) is 24.8 Å². The highest BCUT2D eigenvalue weighted by Gasteiger charge is 2.47. The number of hydrogen-bond donors (Lipinski definition) is 3. The van der Waals surface area contributed by atoms with Crippen LogP contribution < -0.4 is 21.1 Å². The Morgan fingerprint density at radius 1 is 1.29 bits per heavy atom. The summed E-state index contributed by atoms with van der Waals surface area (Å²) in [5.74, 6) is 0.0910. The number of nitrogens with zero attached hydrogens (tertiary/aromatic N) is 3. The SMILES string of the molecule is Cc1cc(Nc2ncc(F)c(N[C@H]3C(C(N)=O)[C@@H]4C=C[C@H]3C4)n2)ccc1O[C@H]1CCCN(C)C1. The number of halogens is 1. The van der Waals surface area contributed by atoms with Gasteiger partial charge in [0.05, 0.1) is 12.1 Å². The van der Waals surface area contributed by atoms with Crippen molar-refractivity contribution in [2.24, 2.45) is 23.5 Å². The first kappa shape index (κ1) is 22.6. The van der Waals surface area contributed by atoms with Crippen molar-refractivity contribution in [3.05, 3.63) is 47.9 Å². The molecule has 1 amide bonds. The molecular weight excluding hydrogens is 435 g/mol. The number of piperidine rings is 1. The number of nitrogens with one attached hydrogen (secondary N) is 2. The molecule has 2 aromatic rings. The molecule has 9 heteroatoms. The highest BCUT2D eigenvalue weighted by atomic mass is 19.1. The Hall–Kier alpha value is -3.20. The van der Waals surface area contributed by atoms with Crippen LogP contribution in [0.2, 0.25) is 0 Å². The fraction of sp³-hybridized carbons (Fsp3) is 0.480. The summed E-state index contributed by atoms with van der Waals surface area (Å²) in [7, 11) is 2.11. The van der Waals surface area contributed by atoms with Gasteiger partial charge in [0.2, 0.25) is 11.9 Å². The highest BCUT2D eigenvalue weighted by Crippen LogP contribution is 2.45. The second-order valence-electron chi connectivity index (χ2n) is 9.69. The largest absolute Gasteiger partial charge is 0.489 e. The van der Waals surface area contributed by atoms with Gasteiger partial charge in [0.1, 0.15) is 11.9 Å². The van der Waals surface area contributed by atoms with E-state index in [1.807, 2.05) is 31.2 Å². The minimum absolute atomic E-state index is 0.0628. The quantitative estimate of drug-likeness (QED) is 0.538. The summed E-state index contributed by atoms with van der Waals surface area (Å²) >= 11 is 0. The monoisotopic (exact) mass is 466 g/mol. The van der Waals surface area contributed by atoms with Crippen LogP contribution in [0.3, 0.4) is 0 Å². The average molecular weight is 467 g/mol. The van der Waals surface area contributed by atoms with Crippen LogP contribution in [0.15, 0.2) is 36.5 Å². The third-order valence-electron chi connectivity index (χ3n) is 7.14. The number of benzene rings is 1. The number of allylic oxidation sites excluding steroid dienone is 1. The van der Waals surface area contributed by atoms with Crippen molar-refractivity contribution in [1.29, 1.82) is 0 Å². The Bertz CT molecular complexity index is 1110. The number of ether oxygens (including phenoxy) is 1. The van der Waals surface area contributed by atoms with Crippen molar-refractivity contribution in [3.8, 4) is 5.75 Å². The molecule has 34 heavy (non-hydrogen) atoms. The van der Waals surface area contributed by atoms with E-state index in [0.29, 0.717) is 0 Å². The summed E-state index contributed by atoms with van der Waals surface area (Å²) in [6, 6.07) is 5.53. The van der Waals surface area contributed by atoms with Crippen LogP contribution in [0, 0.1) is 30.5 Å². The average Bonchev–Trinajstić information content (AvgIpc) is 3.40. The highest BCUT2D eigenvalue weighted by molar-refractivity contribution is 5.79. The normalized spacial score (nSPS) is 28.1. The summed E-state index contributed by atoms with van der Waals surface area (Å²) in [5, 5.41) is 6.27. The molecule has 4 N–H and O–H groups in total. The van der Waals surface area contributed by atoms with Gasteiger partial charge in [-0.25, -0.2) is 9.37 Å². The zero-order chi connectivity index (χ0) is 23.8. The van der Waals surface area contributed by atoms with Crippen LogP contribution in [-0.4, -0.2) is 53.1 Å². The van der Waals surface area contributed by atoms with Gasteiger partial charge in [0.15, 0.2) is 11.6 Å². The minimum atomic E-state index is -0.571. The van der Waals surface area contributed by atoms with E-state index in [2.05, 4.69) is 38.6 Å². The first-order chi connectivity index (χ1) is 16.4. The molecule has 2 heterocycles. The fourth-order valence-corrected chi connectivity index (χ4v) is 5.48. The molecule has 0 radical (unpaired) electrons. The standard InChI is InChI=1S/C25H31FN6O2/c1-14-10-17(7-8-20(14)34-18-4-3-9-32(2)13-18)29-25-28-12-19(26)24(31-25)30-22-16-6-5-15(11-16)21(22)23(27)33/h5-8,10,12,15-16,18,21-22H,3-4,9,11,13H2,1-2H3,(H2,27,33)(H2,28,29,30,31)/t15-,16+,18+,21?,22-/m1/s1. The summed E-state index contributed by atoms with van der Waals surface area (Å²) in [4.78, 5) is 22.7. The molecule has 1 aromatic heterocycles. The minimum Gasteiger partial charge on any atom is -0.489 e. The number of rotatable bonds is 7. The Morgan fingerprint density at radius 3 is 2.88 bits per heavy atom. The predicted molar refractivity (Wildman–Crippen MR) is 128 cm³/mol. The molecule has 1 saturated carbocycles. The Balaban J connectivity index is 1.28. The van der Waals surface area contributed by atoms with E-state index < -0.39 is 5.82 Å². The molecular formula is C25H31FN6O2. The molecule has 0 spiro atoms. The number of carbonyl (C=O) groups is 1. The topological polar surface area (TPSA) is 105 Å². The van der Waals surface area contributed by atoms with Crippen molar-refractivity contribution < 1.29 is 13.9 Å². The van der Waals surface area contributed by atoms with Crippen LogP contribution >= 0.6 is 0 Å². The number of aryl methyl sites for hydroxylation is 1. The first-order valence-corrected chi connectivity index (χ1v) is 11.9. The van der Waals surface area contributed by atoms with Crippen LogP contribution in [0.25, 0.3) is 0 Å². The summed E-state index contributed by atoms with van der Waals surface area (Å²) in [6.45, 7) is 4.03. The Labute approximate surface area is 198 Å². The Morgan fingerprint density at radius 2 is 2.12 bits per heavy atom. The van der Waals surface area contributed by atoms with Crippen LogP contribution in [0.4, 0.5) is 21.8 Å². The van der Waals surface area contributed by atoms with Gasteiger partial charge in [-0.3, -0.25) is 4.79 Å². The molecule has 8 nitrogen and oxygen atoms in total. The van der Waals surface area contributed by atoms with Gasteiger partial charge in [-0.1, -0.05) is 12.2 Å². The van der Waals surface area contributed by atoms with Gasteiger partial charge in [0, 0.05) is 18.3 Å². The number of carbonyl (C=O) groups excluding carboxylic acids is 1. The van der Waals surface area contributed by atoms with E-state index in [9.17, 15) is 9.18 Å². The molecule has 1 aliphatic heterocycles. The van der Waals surface area contributed by atoms with Crippen molar-refractivity contribution in [2.75, 3.05) is 30.8 Å². The van der Waals surface area contributed by atoms with Gasteiger partial charge in [-0.05, 0) is 75.4 Å². The van der Waals surface area contributed by atoms with E-state index in [1.54, 1.807) is 0 Å². The molecule has 2 aliphatic carbocycles. The Kier molecular flexibility index (Phi) is 6.12. The lowest BCUT2D eigenvalue weighted by Gasteiger charge is -2.30. The third-order valence-corrected chi connectivity index (χ3v) is 7.14. The van der Waals surface area contributed by atoms with Gasteiger partial charge >= 0.3 is 0 Å². The van der Waals surface area contributed by atoms with Gasteiger partial charge in [-0.2, -0.15) is 4.98 Å². The zero-order valence-electron chi connectivity index (χ0n) is 19.5. The van der Waals surface area contributed by atoms with Gasteiger partial charge in [-0.15, -0.1) is 0 Å². The van der Waals surface area contributed by atoms with Gasteiger partial charge < -0.3 is 26.0 Å². The molecule has 1 unspecified atom stereocenters. The van der Waals surface area contributed by atoms with Crippen LogP contribution in [-0.2, 0) is 4.79 Å². The van der Waals surface area contributed by atoms with Crippen molar-refractivity contribution in [3.63, 3.8) is 0 Å². The number of anilines is 3. The van der Waals surface area contributed by atoms with Crippen molar-refractivity contribution in [2.45, 2.75) is 38.3 Å². The summed E-state index contributed by atoms with van der Waals surface area (Å²) < 4.78 is 20.8. The number of nitrogens with two attached hydrogens (primary N) is 1. The lowest BCUT2D eigenvalue weighted by molar-refractivity contribution is -0.122. The maximum absolute atomic E-state index is 14.5. The number of likely N-dealkylation sites (tertiary alicyclic amines) is 1. The number of primary amides is 1. The molecule has 1 aromatic carbocycles. The third kappa shape index (κ3) is 4.57. The molecule has 5 atom stereocenters. The number of likely N-dealkylation sites (N-methyl/N-ethyl adjacent to an activating group) is 1. The smallest absolute Gasteiger partial charge is 0.229 e. The van der Waals surface area contributed by atoms with Crippen LogP contribution in [0.5, 0.6) is 5.75 Å². The van der Waals surface area contributed by atoms with E-state index in [1.165, 1.54) is 0 Å².